The van der Waals surface area contributed by atoms with Crippen molar-refractivity contribution in [2.45, 2.75) is 18.2 Å². The summed E-state index contributed by atoms with van der Waals surface area (Å²) in [6.45, 7) is 1.82. The lowest BCUT2D eigenvalue weighted by molar-refractivity contribution is 0.350. The maximum absolute atomic E-state index is 12.5. The summed E-state index contributed by atoms with van der Waals surface area (Å²) in [5.41, 5.74) is 0.344. The van der Waals surface area contributed by atoms with Gasteiger partial charge >= 0.3 is 0 Å². The van der Waals surface area contributed by atoms with Gasteiger partial charge in [-0.3, -0.25) is 0 Å². The van der Waals surface area contributed by atoms with Crippen LogP contribution in [0.25, 0.3) is 0 Å². The van der Waals surface area contributed by atoms with Crippen molar-refractivity contribution < 1.29 is 13.5 Å². The van der Waals surface area contributed by atoms with Crippen molar-refractivity contribution in [2.24, 2.45) is 0 Å². The van der Waals surface area contributed by atoms with E-state index in [4.69, 9.17) is 10.4 Å². The minimum absolute atomic E-state index is 0.0979. The van der Waals surface area contributed by atoms with Gasteiger partial charge < -0.3 is 5.11 Å². The standard InChI is InChI=1S/C14H16N2O3S/c1-2-16(11-6-10-15)20(18,19)14-9-4-3-7-13(14)8-5-12-17/h3-4,7,9,17H,2,6,11-12H2,1H3. The van der Waals surface area contributed by atoms with Crippen molar-refractivity contribution in [3.8, 4) is 17.9 Å². The molecule has 5 nitrogen and oxygen atoms in total. The van der Waals surface area contributed by atoms with Crippen LogP contribution in [-0.4, -0.2) is 37.5 Å². The summed E-state index contributed by atoms with van der Waals surface area (Å²) in [7, 11) is -3.69. The molecular weight excluding hydrogens is 276 g/mol. The Balaban J connectivity index is 3.24. The van der Waals surface area contributed by atoms with Gasteiger partial charge in [0.25, 0.3) is 0 Å². The average Bonchev–Trinajstić information content (AvgIpc) is 2.46. The highest BCUT2D eigenvalue weighted by molar-refractivity contribution is 7.89. The number of rotatable bonds is 5. The van der Waals surface area contributed by atoms with E-state index in [0.717, 1.165) is 0 Å². The second kappa shape index (κ2) is 7.66. The molecule has 106 valence electrons. The van der Waals surface area contributed by atoms with Gasteiger partial charge in [0, 0.05) is 25.1 Å². The molecule has 1 aromatic rings. The molecule has 0 aliphatic heterocycles. The van der Waals surface area contributed by atoms with E-state index in [1.54, 1.807) is 25.1 Å². The van der Waals surface area contributed by atoms with Crippen LogP contribution in [0.2, 0.25) is 0 Å². The Hall–Kier alpha value is -1.86. The van der Waals surface area contributed by atoms with Crippen LogP contribution < -0.4 is 0 Å². The number of benzene rings is 1. The maximum Gasteiger partial charge on any atom is 0.244 e. The fourth-order valence-corrected chi connectivity index (χ4v) is 3.29. The molecule has 6 heteroatoms. The summed E-state index contributed by atoms with van der Waals surface area (Å²) in [5.74, 6) is 5.08. The summed E-state index contributed by atoms with van der Waals surface area (Å²) < 4.78 is 26.3. The first kappa shape index (κ1) is 16.2. The van der Waals surface area contributed by atoms with E-state index in [9.17, 15) is 8.42 Å². The molecule has 0 spiro atoms. The predicted octanol–water partition coefficient (Wildman–Crippen LogP) is 0.955. The number of sulfonamides is 1. The Kier molecular flexibility index (Phi) is 6.20. The van der Waals surface area contributed by atoms with Crippen LogP contribution in [-0.2, 0) is 10.0 Å². The third-order valence-corrected chi connectivity index (χ3v) is 4.67. The van der Waals surface area contributed by atoms with Crippen molar-refractivity contribution in [3.05, 3.63) is 29.8 Å². The molecule has 0 aliphatic carbocycles. The van der Waals surface area contributed by atoms with E-state index in [0.29, 0.717) is 5.56 Å². The normalized spacial score (nSPS) is 10.7. The zero-order valence-corrected chi connectivity index (χ0v) is 12.0. The van der Waals surface area contributed by atoms with E-state index < -0.39 is 10.0 Å². The van der Waals surface area contributed by atoms with E-state index in [-0.39, 0.29) is 31.0 Å². The predicted molar refractivity (Wildman–Crippen MR) is 75.1 cm³/mol. The summed E-state index contributed by atoms with van der Waals surface area (Å²) in [6, 6.07) is 8.31. The third kappa shape index (κ3) is 3.82. The summed E-state index contributed by atoms with van der Waals surface area (Å²) in [4.78, 5) is 0.0979. The molecule has 0 amide bonds. The van der Waals surface area contributed by atoms with Crippen molar-refractivity contribution in [3.63, 3.8) is 0 Å². The first-order valence-electron chi connectivity index (χ1n) is 6.13. The number of aliphatic hydroxyl groups excluding tert-OH is 1. The van der Waals surface area contributed by atoms with E-state index in [2.05, 4.69) is 11.8 Å². The largest absolute Gasteiger partial charge is 0.384 e. The van der Waals surface area contributed by atoms with Crippen molar-refractivity contribution in [1.82, 2.24) is 4.31 Å². The fraction of sp³-hybridized carbons (Fsp3) is 0.357. The first-order valence-corrected chi connectivity index (χ1v) is 7.57. The van der Waals surface area contributed by atoms with Crippen LogP contribution >= 0.6 is 0 Å². The van der Waals surface area contributed by atoms with Crippen LogP contribution in [0.4, 0.5) is 0 Å². The molecule has 0 aliphatic rings. The van der Waals surface area contributed by atoms with Crippen molar-refractivity contribution >= 4 is 10.0 Å². The Bertz CT molecular complexity index is 651. The molecular formula is C14H16N2O3S. The molecule has 0 radical (unpaired) electrons. The summed E-state index contributed by atoms with van der Waals surface area (Å²) >= 11 is 0. The molecule has 0 aromatic heterocycles. The smallest absolute Gasteiger partial charge is 0.244 e. The molecule has 1 aromatic carbocycles. The van der Waals surface area contributed by atoms with Crippen LogP contribution in [0.15, 0.2) is 29.2 Å². The number of nitriles is 1. The van der Waals surface area contributed by atoms with Crippen LogP contribution in [0.1, 0.15) is 18.9 Å². The average molecular weight is 292 g/mol. The highest BCUT2D eigenvalue weighted by Crippen LogP contribution is 2.19. The van der Waals surface area contributed by atoms with Gasteiger partial charge in [0.05, 0.1) is 11.0 Å². The molecule has 1 N–H and O–H groups in total. The SMILES string of the molecule is CCN(CCC#N)S(=O)(=O)c1ccccc1C#CCO. The molecule has 0 unspecified atom stereocenters. The fourth-order valence-electron chi connectivity index (χ4n) is 1.69. The number of aliphatic hydroxyl groups is 1. The van der Waals surface area contributed by atoms with E-state index in [1.807, 2.05) is 6.07 Å². The molecule has 20 heavy (non-hydrogen) atoms. The van der Waals surface area contributed by atoms with Crippen molar-refractivity contribution in [1.29, 1.82) is 5.26 Å². The van der Waals surface area contributed by atoms with Gasteiger partial charge in [0.2, 0.25) is 10.0 Å². The lowest BCUT2D eigenvalue weighted by Crippen LogP contribution is -2.32. The van der Waals surface area contributed by atoms with Gasteiger partial charge in [-0.2, -0.15) is 9.57 Å². The Morgan fingerprint density at radius 1 is 1.35 bits per heavy atom. The molecule has 1 rings (SSSR count). The molecule has 0 atom stereocenters. The third-order valence-electron chi connectivity index (χ3n) is 2.63. The Morgan fingerprint density at radius 3 is 2.65 bits per heavy atom. The van der Waals surface area contributed by atoms with Gasteiger partial charge in [-0.15, -0.1) is 0 Å². The van der Waals surface area contributed by atoms with Gasteiger partial charge in [0.15, 0.2) is 0 Å². The number of hydrogen-bond acceptors (Lipinski definition) is 4. The van der Waals surface area contributed by atoms with Crippen LogP contribution in [0.3, 0.4) is 0 Å². The van der Waals surface area contributed by atoms with E-state index >= 15 is 0 Å². The quantitative estimate of drug-likeness (QED) is 0.819. The summed E-state index contributed by atoms with van der Waals surface area (Å²) in [5, 5.41) is 17.3. The molecule has 0 bridgehead atoms. The van der Waals surface area contributed by atoms with Gasteiger partial charge in [-0.25, -0.2) is 8.42 Å². The lowest BCUT2D eigenvalue weighted by Gasteiger charge is -2.20. The van der Waals surface area contributed by atoms with E-state index in [1.165, 1.54) is 10.4 Å². The minimum Gasteiger partial charge on any atom is -0.384 e. The molecule has 0 saturated carbocycles. The zero-order valence-electron chi connectivity index (χ0n) is 11.2. The summed E-state index contributed by atoms with van der Waals surface area (Å²) in [6.07, 6.45) is 0.136. The second-order valence-corrected chi connectivity index (χ2v) is 5.77. The van der Waals surface area contributed by atoms with Crippen LogP contribution in [0, 0.1) is 23.2 Å². The lowest BCUT2D eigenvalue weighted by atomic mass is 10.2. The topological polar surface area (TPSA) is 81.4 Å². The van der Waals surface area contributed by atoms with Crippen molar-refractivity contribution in [2.75, 3.05) is 19.7 Å². The Labute approximate surface area is 119 Å². The molecule has 0 saturated heterocycles. The minimum atomic E-state index is -3.69. The molecule has 0 fully saturated rings. The van der Waals surface area contributed by atoms with Crippen LogP contribution in [0.5, 0.6) is 0 Å². The second-order valence-electron chi connectivity index (χ2n) is 3.86. The highest BCUT2D eigenvalue weighted by Gasteiger charge is 2.24. The van der Waals surface area contributed by atoms with Gasteiger partial charge in [-0.1, -0.05) is 30.9 Å². The highest BCUT2D eigenvalue weighted by atomic mass is 32.2. The number of hydrogen-bond donors (Lipinski definition) is 1. The Morgan fingerprint density at radius 2 is 2.05 bits per heavy atom. The maximum atomic E-state index is 12.5. The zero-order chi connectivity index (χ0) is 15.0. The van der Waals surface area contributed by atoms with Gasteiger partial charge in [0.1, 0.15) is 6.61 Å². The first-order chi connectivity index (χ1) is 9.57. The monoisotopic (exact) mass is 292 g/mol. The van der Waals surface area contributed by atoms with Gasteiger partial charge in [-0.05, 0) is 12.1 Å². The molecule has 0 heterocycles. The number of nitrogens with zero attached hydrogens (tertiary/aromatic N) is 2.